The van der Waals surface area contributed by atoms with Crippen LogP contribution in [0.15, 0.2) is 24.3 Å². The van der Waals surface area contributed by atoms with Crippen molar-refractivity contribution in [1.82, 2.24) is 4.90 Å². The van der Waals surface area contributed by atoms with Crippen molar-refractivity contribution < 1.29 is 14.3 Å². The van der Waals surface area contributed by atoms with Gasteiger partial charge in [0.2, 0.25) is 0 Å². The number of rotatable bonds is 3. The van der Waals surface area contributed by atoms with E-state index in [1.807, 2.05) is 7.05 Å². The Hall–Kier alpha value is -1.42. The Labute approximate surface area is 106 Å². The van der Waals surface area contributed by atoms with Crippen LogP contribution in [0.5, 0.6) is 0 Å². The maximum absolute atomic E-state index is 14.4. The van der Waals surface area contributed by atoms with Crippen molar-refractivity contribution in [2.75, 3.05) is 20.1 Å². The average Bonchev–Trinajstić information content (AvgIpc) is 2.39. The Balaban J connectivity index is 2.10. The Morgan fingerprint density at radius 1 is 1.44 bits per heavy atom. The van der Waals surface area contributed by atoms with Crippen molar-refractivity contribution in [2.45, 2.75) is 19.0 Å². The maximum atomic E-state index is 14.4. The SMILES string of the molecule is CN1CCC(C(F)c2cccc(C(=O)O)c2)CC1. The van der Waals surface area contributed by atoms with E-state index >= 15 is 0 Å². The summed E-state index contributed by atoms with van der Waals surface area (Å²) in [5.74, 6) is -1.00. The van der Waals surface area contributed by atoms with Gasteiger partial charge in [-0.1, -0.05) is 12.1 Å². The molecule has 98 valence electrons. The van der Waals surface area contributed by atoms with Crippen LogP contribution < -0.4 is 0 Å². The topological polar surface area (TPSA) is 40.5 Å². The summed E-state index contributed by atoms with van der Waals surface area (Å²) in [6.07, 6.45) is 0.599. The molecule has 0 spiro atoms. The second kappa shape index (κ2) is 5.48. The average molecular weight is 251 g/mol. The summed E-state index contributed by atoms with van der Waals surface area (Å²) in [7, 11) is 2.04. The molecule has 1 aliphatic rings. The Bertz CT molecular complexity index is 428. The minimum absolute atomic E-state index is 0.00486. The molecule has 1 aromatic carbocycles. The van der Waals surface area contributed by atoms with Crippen LogP contribution in [0.4, 0.5) is 4.39 Å². The van der Waals surface area contributed by atoms with E-state index in [0.717, 1.165) is 25.9 Å². The zero-order valence-corrected chi connectivity index (χ0v) is 10.5. The van der Waals surface area contributed by atoms with Gasteiger partial charge in [0.05, 0.1) is 5.56 Å². The Morgan fingerprint density at radius 3 is 2.72 bits per heavy atom. The van der Waals surface area contributed by atoms with Gasteiger partial charge in [-0.05, 0) is 56.6 Å². The zero-order chi connectivity index (χ0) is 13.1. The fraction of sp³-hybridized carbons (Fsp3) is 0.500. The highest BCUT2D eigenvalue weighted by atomic mass is 19.1. The summed E-state index contributed by atoms with van der Waals surface area (Å²) in [6, 6.07) is 6.23. The van der Waals surface area contributed by atoms with E-state index < -0.39 is 12.1 Å². The normalized spacial score (nSPS) is 19.7. The number of alkyl halides is 1. The number of hydrogen-bond acceptors (Lipinski definition) is 2. The Kier molecular flexibility index (Phi) is 3.97. The van der Waals surface area contributed by atoms with Crippen LogP contribution in [0.25, 0.3) is 0 Å². The van der Waals surface area contributed by atoms with E-state index in [1.165, 1.54) is 12.1 Å². The zero-order valence-electron chi connectivity index (χ0n) is 10.5. The van der Waals surface area contributed by atoms with Crippen molar-refractivity contribution in [1.29, 1.82) is 0 Å². The van der Waals surface area contributed by atoms with Gasteiger partial charge in [0.25, 0.3) is 0 Å². The van der Waals surface area contributed by atoms with E-state index in [1.54, 1.807) is 12.1 Å². The fourth-order valence-corrected chi connectivity index (χ4v) is 2.44. The first-order chi connectivity index (χ1) is 8.58. The van der Waals surface area contributed by atoms with Gasteiger partial charge in [-0.3, -0.25) is 0 Å². The quantitative estimate of drug-likeness (QED) is 0.898. The van der Waals surface area contributed by atoms with Gasteiger partial charge in [0.1, 0.15) is 6.17 Å². The molecule has 4 heteroatoms. The third-order valence-electron chi connectivity index (χ3n) is 3.63. The van der Waals surface area contributed by atoms with Gasteiger partial charge >= 0.3 is 5.97 Å². The third kappa shape index (κ3) is 2.88. The molecule has 0 aliphatic carbocycles. The van der Waals surface area contributed by atoms with Crippen molar-refractivity contribution in [3.8, 4) is 0 Å². The first kappa shape index (κ1) is 13.0. The minimum atomic E-state index is -1.06. The van der Waals surface area contributed by atoms with E-state index in [-0.39, 0.29) is 11.5 Å². The molecule has 0 amide bonds. The van der Waals surface area contributed by atoms with Crippen molar-refractivity contribution >= 4 is 5.97 Å². The number of hydrogen-bond donors (Lipinski definition) is 1. The van der Waals surface area contributed by atoms with Gasteiger partial charge < -0.3 is 10.0 Å². The van der Waals surface area contributed by atoms with Crippen LogP contribution in [0.1, 0.15) is 34.9 Å². The number of carboxylic acid groups (broad SMARTS) is 1. The molecule has 1 fully saturated rings. The van der Waals surface area contributed by atoms with Crippen molar-refractivity contribution in [3.63, 3.8) is 0 Å². The van der Waals surface area contributed by atoms with E-state index in [4.69, 9.17) is 5.11 Å². The highest BCUT2D eigenvalue weighted by Gasteiger charge is 2.26. The molecule has 0 saturated carbocycles. The largest absolute Gasteiger partial charge is 0.478 e. The van der Waals surface area contributed by atoms with Crippen LogP contribution in [-0.2, 0) is 0 Å². The molecule has 1 atom stereocenters. The molecular formula is C14H18FNO2. The molecule has 1 saturated heterocycles. The lowest BCUT2D eigenvalue weighted by molar-refractivity contribution is 0.0696. The summed E-state index contributed by atoms with van der Waals surface area (Å²) in [6.45, 7) is 1.81. The number of carboxylic acids is 1. The Morgan fingerprint density at radius 2 is 2.11 bits per heavy atom. The number of aromatic carboxylic acids is 1. The lowest BCUT2D eigenvalue weighted by Crippen LogP contribution is -2.31. The van der Waals surface area contributed by atoms with E-state index in [2.05, 4.69) is 4.90 Å². The molecule has 18 heavy (non-hydrogen) atoms. The number of carbonyl (C=O) groups is 1. The molecule has 1 unspecified atom stereocenters. The summed E-state index contributed by atoms with van der Waals surface area (Å²) in [5, 5.41) is 8.91. The lowest BCUT2D eigenvalue weighted by Gasteiger charge is -2.31. The number of halogens is 1. The lowest BCUT2D eigenvalue weighted by atomic mass is 9.88. The fourth-order valence-electron chi connectivity index (χ4n) is 2.44. The molecule has 1 aliphatic heterocycles. The standard InChI is InChI=1S/C14H18FNO2/c1-16-7-5-10(6-8-16)13(15)11-3-2-4-12(9-11)14(17)18/h2-4,9-10,13H,5-8H2,1H3,(H,17,18). The predicted molar refractivity (Wildman–Crippen MR) is 67.5 cm³/mol. The number of piperidine rings is 1. The minimum Gasteiger partial charge on any atom is -0.478 e. The smallest absolute Gasteiger partial charge is 0.335 e. The van der Waals surface area contributed by atoms with Crippen LogP contribution >= 0.6 is 0 Å². The molecular weight excluding hydrogens is 233 g/mol. The predicted octanol–water partition coefficient (Wildman–Crippen LogP) is 2.74. The summed E-state index contributed by atoms with van der Waals surface area (Å²) >= 11 is 0. The van der Waals surface area contributed by atoms with Gasteiger partial charge in [-0.25, -0.2) is 9.18 Å². The molecule has 1 aromatic rings. The van der Waals surface area contributed by atoms with Gasteiger partial charge in [0, 0.05) is 0 Å². The van der Waals surface area contributed by atoms with Crippen molar-refractivity contribution in [2.24, 2.45) is 5.92 Å². The monoisotopic (exact) mass is 251 g/mol. The van der Waals surface area contributed by atoms with Crippen LogP contribution in [0.2, 0.25) is 0 Å². The molecule has 2 rings (SSSR count). The molecule has 0 bridgehead atoms. The van der Waals surface area contributed by atoms with Crippen LogP contribution in [-0.4, -0.2) is 36.1 Å². The first-order valence-electron chi connectivity index (χ1n) is 6.24. The summed E-state index contributed by atoms with van der Waals surface area (Å²) in [5.41, 5.74) is 0.646. The first-order valence-corrected chi connectivity index (χ1v) is 6.24. The molecule has 0 aromatic heterocycles. The number of benzene rings is 1. The van der Waals surface area contributed by atoms with E-state index in [0.29, 0.717) is 5.56 Å². The van der Waals surface area contributed by atoms with Gasteiger partial charge in [-0.15, -0.1) is 0 Å². The number of nitrogens with zero attached hydrogens (tertiary/aromatic N) is 1. The van der Waals surface area contributed by atoms with E-state index in [9.17, 15) is 9.18 Å². The molecule has 0 radical (unpaired) electrons. The third-order valence-corrected chi connectivity index (χ3v) is 3.63. The van der Waals surface area contributed by atoms with Crippen LogP contribution in [0.3, 0.4) is 0 Å². The highest BCUT2D eigenvalue weighted by molar-refractivity contribution is 5.87. The van der Waals surface area contributed by atoms with Gasteiger partial charge in [0.15, 0.2) is 0 Å². The number of likely N-dealkylation sites (tertiary alicyclic amines) is 1. The van der Waals surface area contributed by atoms with Gasteiger partial charge in [-0.2, -0.15) is 0 Å². The van der Waals surface area contributed by atoms with Crippen LogP contribution in [0, 0.1) is 5.92 Å². The summed E-state index contributed by atoms with van der Waals surface area (Å²) < 4.78 is 14.4. The second-order valence-corrected chi connectivity index (χ2v) is 4.97. The van der Waals surface area contributed by atoms with Crippen molar-refractivity contribution in [3.05, 3.63) is 35.4 Å². The second-order valence-electron chi connectivity index (χ2n) is 4.97. The molecule has 3 nitrogen and oxygen atoms in total. The molecule has 1 N–H and O–H groups in total. The summed E-state index contributed by atoms with van der Waals surface area (Å²) in [4.78, 5) is 13.1. The molecule has 1 heterocycles. The highest BCUT2D eigenvalue weighted by Crippen LogP contribution is 2.33. The maximum Gasteiger partial charge on any atom is 0.335 e.